The van der Waals surface area contributed by atoms with Crippen LogP contribution in [-0.4, -0.2) is 49.6 Å². The van der Waals surface area contributed by atoms with Crippen LogP contribution in [0, 0.1) is 5.92 Å². The average molecular weight is 396 g/mol. The minimum atomic E-state index is -0.0241. The van der Waals surface area contributed by atoms with Gasteiger partial charge in [-0.05, 0) is 60.6 Å². The van der Waals surface area contributed by atoms with Crippen LogP contribution in [0.1, 0.15) is 41.4 Å². The number of fused-ring (bicyclic) bond motifs is 1. The average Bonchev–Trinajstić information content (AvgIpc) is 2.77. The number of anilines is 1. The molecule has 1 unspecified atom stereocenters. The number of nitrogens with zero attached hydrogens (tertiary/aromatic N) is 3. The topological polar surface area (TPSA) is 54.9 Å². The van der Waals surface area contributed by atoms with E-state index in [0.29, 0.717) is 30.5 Å². The highest BCUT2D eigenvalue weighted by Crippen LogP contribution is 2.33. The van der Waals surface area contributed by atoms with Crippen molar-refractivity contribution in [3.8, 4) is 11.5 Å². The van der Waals surface area contributed by atoms with Gasteiger partial charge in [-0.25, -0.2) is 4.98 Å². The number of ether oxygens (including phenoxy) is 2. The van der Waals surface area contributed by atoms with E-state index >= 15 is 0 Å². The third-order valence-corrected chi connectivity index (χ3v) is 5.99. The van der Waals surface area contributed by atoms with Gasteiger partial charge in [0.05, 0.1) is 26.1 Å². The van der Waals surface area contributed by atoms with E-state index in [1.54, 1.807) is 14.2 Å². The molecule has 154 valence electrons. The van der Waals surface area contributed by atoms with Gasteiger partial charge in [0.15, 0.2) is 11.5 Å². The fourth-order valence-corrected chi connectivity index (χ4v) is 4.34. The molecular formula is C23H29N3O3. The van der Waals surface area contributed by atoms with Crippen LogP contribution in [0.2, 0.25) is 0 Å². The lowest BCUT2D eigenvalue weighted by Crippen LogP contribution is -2.36. The number of aromatic nitrogens is 1. The number of rotatable bonds is 4. The summed E-state index contributed by atoms with van der Waals surface area (Å²) in [5.41, 5.74) is 3.91. The van der Waals surface area contributed by atoms with Crippen molar-refractivity contribution < 1.29 is 14.3 Å². The zero-order chi connectivity index (χ0) is 20.4. The molecule has 0 N–H and O–H groups in total. The quantitative estimate of drug-likeness (QED) is 0.793. The predicted molar refractivity (Wildman–Crippen MR) is 113 cm³/mol. The first-order chi connectivity index (χ1) is 14.1. The molecule has 29 heavy (non-hydrogen) atoms. The first-order valence-electron chi connectivity index (χ1n) is 10.3. The van der Waals surface area contributed by atoms with Crippen LogP contribution in [0.5, 0.6) is 11.5 Å². The summed E-state index contributed by atoms with van der Waals surface area (Å²) in [6.45, 7) is 5.64. The Balaban J connectivity index is 1.48. The maximum Gasteiger partial charge on any atom is 0.272 e. The molecular weight excluding hydrogens is 366 g/mol. The first-order valence-corrected chi connectivity index (χ1v) is 10.3. The second-order valence-electron chi connectivity index (χ2n) is 8.05. The number of hydrogen-bond donors (Lipinski definition) is 0. The summed E-state index contributed by atoms with van der Waals surface area (Å²) in [5.74, 6) is 2.10. The number of carbonyl (C=O) groups excluding carboxylic acids is 1. The third-order valence-electron chi connectivity index (χ3n) is 5.99. The second kappa shape index (κ2) is 8.31. The number of amides is 1. The van der Waals surface area contributed by atoms with Crippen LogP contribution in [0.4, 0.5) is 5.69 Å². The van der Waals surface area contributed by atoms with Crippen LogP contribution in [0.25, 0.3) is 0 Å². The van der Waals surface area contributed by atoms with Gasteiger partial charge in [0, 0.05) is 26.2 Å². The number of hydrogen-bond acceptors (Lipinski definition) is 5. The highest BCUT2D eigenvalue weighted by atomic mass is 16.5. The van der Waals surface area contributed by atoms with Crippen LogP contribution in [0.15, 0.2) is 30.5 Å². The van der Waals surface area contributed by atoms with E-state index in [2.05, 4.69) is 16.8 Å². The SMILES string of the molecule is COc1cc2c(cc1OC)CN(C(=O)c1ccc(N3CCCC(C)C3)cn1)CC2. The molecule has 0 saturated carbocycles. The van der Waals surface area contributed by atoms with E-state index in [0.717, 1.165) is 36.5 Å². The van der Waals surface area contributed by atoms with Crippen LogP contribution < -0.4 is 14.4 Å². The Morgan fingerprint density at radius 3 is 2.52 bits per heavy atom. The van der Waals surface area contributed by atoms with Crippen molar-refractivity contribution in [2.45, 2.75) is 32.7 Å². The number of pyridine rings is 1. The summed E-state index contributed by atoms with van der Waals surface area (Å²) in [5, 5.41) is 0. The van der Waals surface area contributed by atoms with Gasteiger partial charge < -0.3 is 19.3 Å². The van der Waals surface area contributed by atoms with Crippen molar-refractivity contribution in [1.29, 1.82) is 0 Å². The lowest BCUT2D eigenvalue weighted by Gasteiger charge is -2.32. The predicted octanol–water partition coefficient (Wildman–Crippen LogP) is 3.53. The third kappa shape index (κ3) is 4.02. The van der Waals surface area contributed by atoms with Gasteiger partial charge in [-0.1, -0.05) is 6.92 Å². The lowest BCUT2D eigenvalue weighted by molar-refractivity contribution is 0.0728. The molecule has 1 aromatic heterocycles. The Morgan fingerprint density at radius 2 is 1.86 bits per heavy atom. The molecule has 3 heterocycles. The molecule has 4 rings (SSSR count). The summed E-state index contributed by atoms with van der Waals surface area (Å²) < 4.78 is 10.8. The van der Waals surface area contributed by atoms with Crippen LogP contribution in [0.3, 0.4) is 0 Å². The zero-order valence-electron chi connectivity index (χ0n) is 17.5. The molecule has 0 spiro atoms. The van der Waals surface area contributed by atoms with Crippen molar-refractivity contribution in [1.82, 2.24) is 9.88 Å². The summed E-state index contributed by atoms with van der Waals surface area (Å²) in [6, 6.07) is 7.88. The van der Waals surface area contributed by atoms with E-state index < -0.39 is 0 Å². The summed E-state index contributed by atoms with van der Waals surface area (Å²) in [6.07, 6.45) is 5.14. The largest absolute Gasteiger partial charge is 0.493 e. The summed E-state index contributed by atoms with van der Waals surface area (Å²) in [7, 11) is 3.27. The minimum absolute atomic E-state index is 0.0241. The van der Waals surface area contributed by atoms with Crippen LogP contribution in [-0.2, 0) is 13.0 Å². The lowest BCUT2D eigenvalue weighted by atomic mass is 9.98. The smallest absolute Gasteiger partial charge is 0.272 e. The van der Waals surface area contributed by atoms with Crippen molar-refractivity contribution in [2.24, 2.45) is 5.92 Å². The molecule has 2 aliphatic heterocycles. The maximum absolute atomic E-state index is 13.0. The van der Waals surface area contributed by atoms with Crippen molar-refractivity contribution in [2.75, 3.05) is 38.8 Å². The van der Waals surface area contributed by atoms with Gasteiger partial charge >= 0.3 is 0 Å². The Labute approximate surface area is 172 Å². The molecule has 0 radical (unpaired) electrons. The summed E-state index contributed by atoms with van der Waals surface area (Å²) in [4.78, 5) is 21.7. The van der Waals surface area contributed by atoms with Gasteiger partial charge in [-0.2, -0.15) is 0 Å². The van der Waals surface area contributed by atoms with E-state index in [9.17, 15) is 4.79 Å². The van der Waals surface area contributed by atoms with E-state index in [1.165, 1.54) is 18.4 Å². The molecule has 6 nitrogen and oxygen atoms in total. The van der Waals surface area contributed by atoms with Gasteiger partial charge in [0.25, 0.3) is 5.91 Å². The molecule has 1 saturated heterocycles. The first kappa shape index (κ1) is 19.6. The molecule has 6 heteroatoms. The monoisotopic (exact) mass is 395 g/mol. The van der Waals surface area contributed by atoms with E-state index in [4.69, 9.17) is 9.47 Å². The molecule has 0 aliphatic carbocycles. The fraction of sp³-hybridized carbons (Fsp3) is 0.478. The minimum Gasteiger partial charge on any atom is -0.493 e. The number of piperidine rings is 1. The van der Waals surface area contributed by atoms with Gasteiger partial charge in [0.1, 0.15) is 5.69 Å². The van der Waals surface area contributed by atoms with Gasteiger partial charge in [0.2, 0.25) is 0 Å². The molecule has 1 fully saturated rings. The molecule has 2 aromatic rings. The van der Waals surface area contributed by atoms with Crippen molar-refractivity contribution in [3.05, 3.63) is 47.3 Å². The van der Waals surface area contributed by atoms with E-state index in [-0.39, 0.29) is 5.91 Å². The highest BCUT2D eigenvalue weighted by Gasteiger charge is 2.25. The van der Waals surface area contributed by atoms with Crippen molar-refractivity contribution >= 4 is 11.6 Å². The Kier molecular flexibility index (Phi) is 5.60. The highest BCUT2D eigenvalue weighted by molar-refractivity contribution is 5.92. The van der Waals surface area contributed by atoms with E-state index in [1.807, 2.05) is 35.4 Å². The maximum atomic E-state index is 13.0. The molecule has 1 atom stereocenters. The number of methoxy groups -OCH3 is 2. The summed E-state index contributed by atoms with van der Waals surface area (Å²) >= 11 is 0. The van der Waals surface area contributed by atoms with Crippen molar-refractivity contribution in [3.63, 3.8) is 0 Å². The molecule has 0 bridgehead atoms. The number of carbonyl (C=O) groups is 1. The molecule has 1 amide bonds. The zero-order valence-corrected chi connectivity index (χ0v) is 17.5. The normalized spacial score (nSPS) is 18.9. The van der Waals surface area contributed by atoms with Gasteiger partial charge in [-0.3, -0.25) is 4.79 Å². The Bertz CT molecular complexity index is 882. The van der Waals surface area contributed by atoms with Crippen LogP contribution >= 0.6 is 0 Å². The molecule has 1 aromatic carbocycles. The Hall–Kier alpha value is -2.76. The number of benzene rings is 1. The second-order valence-corrected chi connectivity index (χ2v) is 8.05. The molecule has 2 aliphatic rings. The van der Waals surface area contributed by atoms with Gasteiger partial charge in [-0.15, -0.1) is 0 Å². The standard InChI is InChI=1S/C23H29N3O3/c1-16-5-4-9-25(14-16)19-6-7-20(24-13-19)23(27)26-10-8-17-11-21(28-2)22(29-3)12-18(17)15-26/h6-7,11-13,16H,4-5,8-10,14-15H2,1-3H3. The fourth-order valence-electron chi connectivity index (χ4n) is 4.34. The Morgan fingerprint density at radius 1 is 1.10 bits per heavy atom.